The molecule has 0 spiro atoms. The molecule has 1 fully saturated rings. The van der Waals surface area contributed by atoms with Gasteiger partial charge in [0.25, 0.3) is 0 Å². The van der Waals surface area contributed by atoms with Gasteiger partial charge in [0.2, 0.25) is 0 Å². The van der Waals surface area contributed by atoms with Gasteiger partial charge in [0, 0.05) is 5.56 Å². The molecule has 1 aliphatic heterocycles. The monoisotopic (exact) mass is 194 g/mol. The SMILES string of the molecule is OC[C@@H]1CCO[C@@H](c2ccccc2)O1. The van der Waals surface area contributed by atoms with Crippen LogP contribution >= 0.6 is 0 Å². The number of hydrogen-bond acceptors (Lipinski definition) is 3. The third kappa shape index (κ3) is 2.12. The Labute approximate surface area is 83.3 Å². The molecular weight excluding hydrogens is 180 g/mol. The topological polar surface area (TPSA) is 38.7 Å². The largest absolute Gasteiger partial charge is 0.394 e. The number of hydrogen-bond donors (Lipinski definition) is 1. The first kappa shape index (κ1) is 9.65. The molecule has 0 aromatic heterocycles. The summed E-state index contributed by atoms with van der Waals surface area (Å²) in [7, 11) is 0. The summed E-state index contributed by atoms with van der Waals surface area (Å²) in [6.45, 7) is 0.706. The lowest BCUT2D eigenvalue weighted by Gasteiger charge is -2.29. The fraction of sp³-hybridized carbons (Fsp3) is 0.455. The average Bonchev–Trinajstić information content (AvgIpc) is 2.30. The first-order chi connectivity index (χ1) is 6.90. The van der Waals surface area contributed by atoms with Crippen molar-refractivity contribution < 1.29 is 14.6 Å². The minimum atomic E-state index is -0.318. The van der Waals surface area contributed by atoms with Gasteiger partial charge in [-0.3, -0.25) is 0 Å². The highest BCUT2D eigenvalue weighted by molar-refractivity contribution is 5.16. The maximum absolute atomic E-state index is 8.98. The molecule has 3 nitrogen and oxygen atoms in total. The van der Waals surface area contributed by atoms with E-state index in [1.807, 2.05) is 30.3 Å². The second-order valence-electron chi connectivity index (χ2n) is 3.34. The van der Waals surface area contributed by atoms with E-state index in [2.05, 4.69) is 0 Å². The first-order valence-electron chi connectivity index (χ1n) is 4.83. The Balaban J connectivity index is 2.04. The summed E-state index contributed by atoms with van der Waals surface area (Å²) in [5.41, 5.74) is 1.01. The Bertz CT molecular complexity index is 273. The summed E-state index contributed by atoms with van der Waals surface area (Å²) in [6, 6.07) is 9.78. The van der Waals surface area contributed by atoms with Crippen molar-refractivity contribution in [3.63, 3.8) is 0 Å². The van der Waals surface area contributed by atoms with Gasteiger partial charge in [-0.1, -0.05) is 30.3 Å². The molecular formula is C11H14O3. The molecule has 76 valence electrons. The van der Waals surface area contributed by atoms with Gasteiger partial charge in [0.15, 0.2) is 6.29 Å². The third-order valence-electron chi connectivity index (χ3n) is 2.30. The Morgan fingerprint density at radius 3 is 2.79 bits per heavy atom. The second-order valence-corrected chi connectivity index (χ2v) is 3.34. The van der Waals surface area contributed by atoms with Crippen LogP contribution in [0.15, 0.2) is 30.3 Å². The number of aliphatic hydroxyl groups excluding tert-OH is 1. The van der Waals surface area contributed by atoms with E-state index in [1.54, 1.807) is 0 Å². The van der Waals surface area contributed by atoms with Crippen LogP contribution < -0.4 is 0 Å². The smallest absolute Gasteiger partial charge is 0.184 e. The van der Waals surface area contributed by atoms with Crippen molar-refractivity contribution in [3.05, 3.63) is 35.9 Å². The number of rotatable bonds is 2. The maximum Gasteiger partial charge on any atom is 0.184 e. The molecule has 0 unspecified atom stereocenters. The van der Waals surface area contributed by atoms with E-state index in [1.165, 1.54) is 0 Å². The van der Waals surface area contributed by atoms with E-state index >= 15 is 0 Å². The second kappa shape index (κ2) is 4.55. The van der Waals surface area contributed by atoms with Crippen LogP contribution in [0.1, 0.15) is 18.3 Å². The van der Waals surface area contributed by atoms with Crippen LogP contribution in [0.25, 0.3) is 0 Å². The van der Waals surface area contributed by atoms with E-state index in [0.717, 1.165) is 12.0 Å². The maximum atomic E-state index is 8.98. The molecule has 0 amide bonds. The third-order valence-corrected chi connectivity index (χ3v) is 2.30. The summed E-state index contributed by atoms with van der Waals surface area (Å²) in [5, 5.41) is 8.98. The van der Waals surface area contributed by atoms with Crippen LogP contribution in [-0.2, 0) is 9.47 Å². The molecule has 0 aliphatic carbocycles. The molecule has 1 N–H and O–H groups in total. The van der Waals surface area contributed by atoms with Gasteiger partial charge in [-0.15, -0.1) is 0 Å². The van der Waals surface area contributed by atoms with E-state index in [9.17, 15) is 0 Å². The highest BCUT2D eigenvalue weighted by Crippen LogP contribution is 2.25. The molecule has 0 saturated carbocycles. The predicted octanol–water partition coefficient (Wildman–Crippen LogP) is 1.48. The minimum absolute atomic E-state index is 0.0622. The highest BCUT2D eigenvalue weighted by Gasteiger charge is 2.23. The Morgan fingerprint density at radius 2 is 2.07 bits per heavy atom. The highest BCUT2D eigenvalue weighted by atomic mass is 16.7. The van der Waals surface area contributed by atoms with Crippen LogP contribution in [0.3, 0.4) is 0 Å². The molecule has 2 atom stereocenters. The molecule has 1 aliphatic rings. The van der Waals surface area contributed by atoms with Crippen LogP contribution in [0.4, 0.5) is 0 Å². The van der Waals surface area contributed by atoms with E-state index in [4.69, 9.17) is 14.6 Å². The van der Waals surface area contributed by atoms with Gasteiger partial charge in [-0.25, -0.2) is 0 Å². The summed E-state index contributed by atoms with van der Waals surface area (Å²) >= 11 is 0. The lowest BCUT2D eigenvalue weighted by molar-refractivity contribution is -0.224. The van der Waals surface area contributed by atoms with Crippen molar-refractivity contribution >= 4 is 0 Å². The number of aliphatic hydroxyl groups is 1. The normalized spacial score (nSPS) is 27.5. The fourth-order valence-electron chi connectivity index (χ4n) is 1.51. The van der Waals surface area contributed by atoms with Crippen molar-refractivity contribution in [1.29, 1.82) is 0 Å². The first-order valence-corrected chi connectivity index (χ1v) is 4.83. The fourth-order valence-corrected chi connectivity index (χ4v) is 1.51. The molecule has 1 heterocycles. The molecule has 14 heavy (non-hydrogen) atoms. The number of benzene rings is 1. The van der Waals surface area contributed by atoms with Crippen molar-refractivity contribution in [1.82, 2.24) is 0 Å². The summed E-state index contributed by atoms with van der Waals surface area (Å²) in [4.78, 5) is 0. The lowest BCUT2D eigenvalue weighted by Crippen LogP contribution is -2.29. The zero-order valence-electron chi connectivity index (χ0n) is 7.93. The minimum Gasteiger partial charge on any atom is -0.394 e. The molecule has 3 heteroatoms. The van der Waals surface area contributed by atoms with Gasteiger partial charge >= 0.3 is 0 Å². The van der Waals surface area contributed by atoms with Gasteiger partial charge in [-0.2, -0.15) is 0 Å². The van der Waals surface area contributed by atoms with Crippen LogP contribution in [0.2, 0.25) is 0 Å². The van der Waals surface area contributed by atoms with Crippen molar-refractivity contribution in [2.24, 2.45) is 0 Å². The van der Waals surface area contributed by atoms with Gasteiger partial charge in [0.05, 0.1) is 19.3 Å². The summed E-state index contributed by atoms with van der Waals surface area (Å²) in [5.74, 6) is 0. The molecule has 1 aromatic carbocycles. The van der Waals surface area contributed by atoms with E-state index in [0.29, 0.717) is 6.61 Å². The van der Waals surface area contributed by atoms with Gasteiger partial charge in [-0.05, 0) is 6.42 Å². The van der Waals surface area contributed by atoms with E-state index < -0.39 is 0 Å². The summed E-state index contributed by atoms with van der Waals surface area (Å²) in [6.07, 6.45) is 0.357. The van der Waals surface area contributed by atoms with Gasteiger partial charge in [0.1, 0.15) is 0 Å². The summed E-state index contributed by atoms with van der Waals surface area (Å²) < 4.78 is 11.0. The Hall–Kier alpha value is -0.900. The van der Waals surface area contributed by atoms with Crippen LogP contribution in [0.5, 0.6) is 0 Å². The number of ether oxygens (including phenoxy) is 2. The van der Waals surface area contributed by atoms with E-state index in [-0.39, 0.29) is 19.0 Å². The molecule has 0 radical (unpaired) electrons. The lowest BCUT2D eigenvalue weighted by atomic mass is 10.2. The molecule has 1 saturated heterocycles. The average molecular weight is 194 g/mol. The zero-order chi connectivity index (χ0) is 9.80. The molecule has 2 rings (SSSR count). The quantitative estimate of drug-likeness (QED) is 0.775. The van der Waals surface area contributed by atoms with Crippen LogP contribution in [0, 0.1) is 0 Å². The molecule has 1 aromatic rings. The standard InChI is InChI=1S/C11H14O3/c12-8-10-6-7-13-11(14-10)9-4-2-1-3-5-9/h1-5,10-12H,6-8H2/t10-,11+/m0/s1. The zero-order valence-corrected chi connectivity index (χ0v) is 7.93. The molecule has 0 bridgehead atoms. The van der Waals surface area contributed by atoms with Gasteiger partial charge < -0.3 is 14.6 Å². The Kier molecular flexibility index (Phi) is 3.14. The van der Waals surface area contributed by atoms with Crippen LogP contribution in [-0.4, -0.2) is 24.4 Å². The predicted molar refractivity (Wildman–Crippen MR) is 51.7 cm³/mol. The van der Waals surface area contributed by atoms with Crippen molar-refractivity contribution in [2.45, 2.75) is 18.8 Å². The Morgan fingerprint density at radius 1 is 1.29 bits per heavy atom. The van der Waals surface area contributed by atoms with Crippen molar-refractivity contribution in [2.75, 3.05) is 13.2 Å². The van der Waals surface area contributed by atoms with Crippen molar-refractivity contribution in [3.8, 4) is 0 Å².